The molecule has 0 atom stereocenters. The van der Waals surface area contributed by atoms with Gasteiger partial charge in [0.25, 0.3) is 0 Å². The lowest BCUT2D eigenvalue weighted by molar-refractivity contribution is -0.115. The molecule has 2 aromatic rings. The van der Waals surface area contributed by atoms with E-state index >= 15 is 0 Å². The van der Waals surface area contributed by atoms with Crippen LogP contribution in [-0.4, -0.2) is 32.0 Å². The van der Waals surface area contributed by atoms with Gasteiger partial charge in [0.1, 0.15) is 6.61 Å². The quantitative estimate of drug-likeness (QED) is 0.578. The van der Waals surface area contributed by atoms with Crippen molar-refractivity contribution in [1.29, 1.82) is 5.26 Å². The molecule has 0 aromatic carbocycles. The SMILES string of the molecule is C=C/C=C\C(=C/C)CC(=O)Nc1nc(OCCC#N)c2ncn(C)c2n1. The van der Waals surface area contributed by atoms with E-state index in [9.17, 15) is 4.79 Å². The molecule has 0 aliphatic rings. The second kappa shape index (κ2) is 9.13. The summed E-state index contributed by atoms with van der Waals surface area (Å²) in [6.07, 6.45) is 9.06. The average Bonchev–Trinajstić information content (AvgIpc) is 3.00. The number of allylic oxidation sites excluding steroid dienone is 4. The van der Waals surface area contributed by atoms with Crippen molar-refractivity contribution in [2.24, 2.45) is 7.05 Å². The van der Waals surface area contributed by atoms with Crippen molar-refractivity contribution >= 4 is 23.0 Å². The molecule has 0 saturated carbocycles. The van der Waals surface area contributed by atoms with E-state index in [1.54, 1.807) is 30.1 Å². The number of imidazole rings is 1. The Kier molecular flexibility index (Phi) is 6.62. The van der Waals surface area contributed by atoms with Crippen molar-refractivity contribution < 1.29 is 9.53 Å². The Hall–Kier alpha value is -3.47. The van der Waals surface area contributed by atoms with Crippen LogP contribution in [0.2, 0.25) is 0 Å². The molecule has 0 fully saturated rings. The summed E-state index contributed by atoms with van der Waals surface area (Å²) < 4.78 is 7.22. The molecule has 134 valence electrons. The highest BCUT2D eigenvalue weighted by molar-refractivity contribution is 5.92. The van der Waals surface area contributed by atoms with Crippen LogP contribution in [0.25, 0.3) is 11.2 Å². The summed E-state index contributed by atoms with van der Waals surface area (Å²) in [5.74, 6) is 0.108. The number of ether oxygens (including phenoxy) is 1. The summed E-state index contributed by atoms with van der Waals surface area (Å²) in [4.78, 5) is 25.0. The number of aromatic nitrogens is 4. The van der Waals surface area contributed by atoms with E-state index in [0.717, 1.165) is 5.57 Å². The van der Waals surface area contributed by atoms with E-state index < -0.39 is 0 Å². The third kappa shape index (κ3) is 4.77. The van der Waals surface area contributed by atoms with Gasteiger partial charge in [0.2, 0.25) is 17.7 Å². The standard InChI is InChI=1S/C18H20N6O2/c1-4-6-8-13(5-2)11-14(25)21-18-22-16-15(20-12-24(16)3)17(23-18)26-10-7-9-19/h4-6,8,12H,1,7,10-11H2,2-3H3,(H,21,22,23,25)/b8-6-,13-5+. The molecule has 0 aliphatic heterocycles. The molecule has 1 amide bonds. The fourth-order valence-electron chi connectivity index (χ4n) is 2.13. The Labute approximate surface area is 151 Å². The molecule has 0 bridgehead atoms. The van der Waals surface area contributed by atoms with Crippen molar-refractivity contribution in [3.63, 3.8) is 0 Å². The number of hydrogen-bond acceptors (Lipinski definition) is 6. The van der Waals surface area contributed by atoms with E-state index in [0.29, 0.717) is 11.2 Å². The topological polar surface area (TPSA) is 106 Å². The third-order valence-electron chi connectivity index (χ3n) is 3.41. The molecule has 2 aromatic heterocycles. The Morgan fingerprint density at radius 2 is 2.31 bits per heavy atom. The van der Waals surface area contributed by atoms with Crippen LogP contribution in [0.15, 0.2) is 42.8 Å². The van der Waals surface area contributed by atoms with Gasteiger partial charge >= 0.3 is 0 Å². The maximum Gasteiger partial charge on any atom is 0.247 e. The van der Waals surface area contributed by atoms with Gasteiger partial charge in [0.05, 0.1) is 25.2 Å². The summed E-state index contributed by atoms with van der Waals surface area (Å²) in [7, 11) is 1.78. The van der Waals surface area contributed by atoms with Gasteiger partial charge < -0.3 is 9.30 Å². The van der Waals surface area contributed by atoms with E-state index in [2.05, 4.69) is 26.8 Å². The first-order valence-electron chi connectivity index (χ1n) is 8.02. The van der Waals surface area contributed by atoms with Gasteiger partial charge in [-0.3, -0.25) is 10.1 Å². The molecule has 1 N–H and O–H groups in total. The lowest BCUT2D eigenvalue weighted by Crippen LogP contribution is -2.15. The van der Waals surface area contributed by atoms with Gasteiger partial charge in [0.15, 0.2) is 11.2 Å². The summed E-state index contributed by atoms with van der Waals surface area (Å²) in [6.45, 7) is 5.65. The lowest BCUT2D eigenvalue weighted by atomic mass is 10.1. The predicted octanol–water partition coefficient (Wildman–Crippen LogP) is 2.67. The van der Waals surface area contributed by atoms with Crippen LogP contribution in [0.4, 0.5) is 5.95 Å². The third-order valence-corrected chi connectivity index (χ3v) is 3.41. The van der Waals surface area contributed by atoms with E-state index in [-0.39, 0.29) is 37.2 Å². The average molecular weight is 352 g/mol. The number of carbonyl (C=O) groups excluding carboxylic acids is 1. The maximum atomic E-state index is 12.3. The number of fused-ring (bicyclic) bond motifs is 1. The zero-order valence-electron chi connectivity index (χ0n) is 14.8. The first-order chi connectivity index (χ1) is 12.6. The second-order valence-electron chi connectivity index (χ2n) is 5.32. The second-order valence-corrected chi connectivity index (χ2v) is 5.32. The van der Waals surface area contributed by atoms with Gasteiger partial charge in [-0.25, -0.2) is 4.98 Å². The Morgan fingerprint density at radius 3 is 3.00 bits per heavy atom. The van der Waals surface area contributed by atoms with Crippen LogP contribution in [0.1, 0.15) is 19.8 Å². The van der Waals surface area contributed by atoms with E-state index in [1.807, 2.05) is 25.1 Å². The van der Waals surface area contributed by atoms with E-state index in [4.69, 9.17) is 10.00 Å². The fraction of sp³-hybridized carbons (Fsp3) is 0.278. The zero-order chi connectivity index (χ0) is 18.9. The lowest BCUT2D eigenvalue weighted by Gasteiger charge is -2.08. The Bertz CT molecular complexity index is 904. The van der Waals surface area contributed by atoms with Crippen LogP contribution in [0, 0.1) is 11.3 Å². The van der Waals surface area contributed by atoms with Gasteiger partial charge in [0, 0.05) is 7.05 Å². The van der Waals surface area contributed by atoms with Crippen LogP contribution in [0.3, 0.4) is 0 Å². The number of hydrogen-bond donors (Lipinski definition) is 1. The normalized spacial score (nSPS) is 11.5. The highest BCUT2D eigenvalue weighted by atomic mass is 16.5. The molecule has 2 heterocycles. The van der Waals surface area contributed by atoms with Gasteiger partial charge in [-0.05, 0) is 12.5 Å². The summed E-state index contributed by atoms with van der Waals surface area (Å²) >= 11 is 0. The van der Waals surface area contributed by atoms with Gasteiger partial charge in [-0.1, -0.05) is 30.9 Å². The first-order valence-corrected chi connectivity index (χ1v) is 8.02. The largest absolute Gasteiger partial charge is 0.475 e. The number of anilines is 1. The monoisotopic (exact) mass is 352 g/mol. The molecule has 0 aliphatic carbocycles. The molecule has 0 spiro atoms. The number of nitriles is 1. The number of amides is 1. The minimum absolute atomic E-state index is 0.126. The van der Waals surface area contributed by atoms with Crippen LogP contribution in [-0.2, 0) is 11.8 Å². The number of rotatable bonds is 8. The number of aryl methyl sites for hydroxylation is 1. The van der Waals surface area contributed by atoms with Crippen LogP contribution in [0.5, 0.6) is 5.88 Å². The zero-order valence-corrected chi connectivity index (χ0v) is 14.8. The number of nitrogens with zero attached hydrogens (tertiary/aromatic N) is 5. The van der Waals surface area contributed by atoms with Crippen LogP contribution >= 0.6 is 0 Å². The maximum absolute atomic E-state index is 12.3. The molecule has 0 radical (unpaired) electrons. The molecule has 8 nitrogen and oxygen atoms in total. The van der Waals surface area contributed by atoms with Gasteiger partial charge in [-0.2, -0.15) is 15.2 Å². The van der Waals surface area contributed by atoms with Crippen molar-refractivity contribution in [3.05, 3.63) is 42.8 Å². The highest BCUT2D eigenvalue weighted by Gasteiger charge is 2.15. The summed E-state index contributed by atoms with van der Waals surface area (Å²) in [5.41, 5.74) is 1.85. The van der Waals surface area contributed by atoms with Crippen molar-refractivity contribution in [2.45, 2.75) is 19.8 Å². The molecule has 0 saturated heterocycles. The van der Waals surface area contributed by atoms with Crippen molar-refractivity contribution in [3.8, 4) is 11.9 Å². The Morgan fingerprint density at radius 1 is 1.50 bits per heavy atom. The first kappa shape index (κ1) is 18.9. The summed E-state index contributed by atoms with van der Waals surface area (Å²) in [5, 5.41) is 11.3. The molecular formula is C18H20N6O2. The van der Waals surface area contributed by atoms with E-state index in [1.165, 1.54) is 0 Å². The minimum Gasteiger partial charge on any atom is -0.475 e. The molecule has 8 heteroatoms. The minimum atomic E-state index is -0.253. The fourth-order valence-corrected chi connectivity index (χ4v) is 2.13. The smallest absolute Gasteiger partial charge is 0.247 e. The molecule has 0 unspecified atom stereocenters. The number of nitrogens with one attached hydrogen (secondary N) is 1. The molecule has 26 heavy (non-hydrogen) atoms. The highest BCUT2D eigenvalue weighted by Crippen LogP contribution is 2.22. The van der Waals surface area contributed by atoms with Crippen molar-refractivity contribution in [2.75, 3.05) is 11.9 Å². The molecule has 2 rings (SSSR count). The number of carbonyl (C=O) groups is 1. The summed E-state index contributed by atoms with van der Waals surface area (Å²) in [6, 6.07) is 2.00. The predicted molar refractivity (Wildman–Crippen MR) is 98.4 cm³/mol. The van der Waals surface area contributed by atoms with Crippen LogP contribution < -0.4 is 10.1 Å². The Balaban J connectivity index is 2.21. The van der Waals surface area contributed by atoms with Gasteiger partial charge in [-0.15, -0.1) is 0 Å². The van der Waals surface area contributed by atoms with Crippen molar-refractivity contribution in [1.82, 2.24) is 19.5 Å². The molecular weight excluding hydrogens is 332 g/mol.